The molecule has 5 nitrogen and oxygen atoms in total. The van der Waals surface area contributed by atoms with Gasteiger partial charge in [0.15, 0.2) is 0 Å². The molecule has 0 saturated carbocycles. The third-order valence-corrected chi connectivity index (χ3v) is 2.30. The van der Waals surface area contributed by atoms with Crippen LogP contribution in [0.3, 0.4) is 0 Å². The summed E-state index contributed by atoms with van der Waals surface area (Å²) in [6.45, 7) is 0. The quantitative estimate of drug-likeness (QED) is 0.538. The molecule has 86 valence electrons. The maximum Gasteiger partial charge on any atom is 0.277 e. The van der Waals surface area contributed by atoms with Gasteiger partial charge < -0.3 is 0 Å². The number of amides is 1. The van der Waals surface area contributed by atoms with Crippen molar-refractivity contribution in [2.45, 2.75) is 0 Å². The SMILES string of the molecule is C/N=C1/C=C(C(=O)N(C)OC)C=C/C1=N/Cl. The first-order chi connectivity index (χ1) is 7.63. The van der Waals surface area contributed by atoms with E-state index in [0.717, 1.165) is 5.06 Å². The molecule has 0 aromatic carbocycles. The molecule has 0 atom stereocenters. The number of allylic oxidation sites excluding steroid dienone is 2. The van der Waals surface area contributed by atoms with Crippen LogP contribution < -0.4 is 0 Å². The second-order valence-corrected chi connectivity index (χ2v) is 3.17. The minimum absolute atomic E-state index is 0.256. The van der Waals surface area contributed by atoms with Crippen molar-refractivity contribution >= 4 is 29.1 Å². The van der Waals surface area contributed by atoms with Crippen LogP contribution in [0.4, 0.5) is 0 Å². The fraction of sp³-hybridized carbons (Fsp3) is 0.300. The third-order valence-electron chi connectivity index (χ3n) is 2.11. The number of aliphatic imine (C=N–C) groups is 1. The number of carbonyl (C=O) groups excluding carboxylic acids is 1. The Labute approximate surface area is 98.8 Å². The molecule has 16 heavy (non-hydrogen) atoms. The lowest BCUT2D eigenvalue weighted by Gasteiger charge is -2.16. The van der Waals surface area contributed by atoms with Crippen molar-refractivity contribution in [2.75, 3.05) is 21.2 Å². The van der Waals surface area contributed by atoms with Gasteiger partial charge >= 0.3 is 0 Å². The number of halogens is 1. The van der Waals surface area contributed by atoms with E-state index in [1.165, 1.54) is 14.2 Å². The first kappa shape index (κ1) is 12.6. The van der Waals surface area contributed by atoms with Gasteiger partial charge in [0, 0.05) is 31.4 Å². The van der Waals surface area contributed by atoms with E-state index in [1.807, 2.05) is 0 Å². The lowest BCUT2D eigenvalue weighted by Crippen LogP contribution is -2.28. The van der Waals surface area contributed by atoms with Gasteiger partial charge in [-0.1, -0.05) is 0 Å². The molecule has 0 unspecified atom stereocenters. The molecule has 0 bridgehead atoms. The molecular weight excluding hydrogens is 230 g/mol. The van der Waals surface area contributed by atoms with Gasteiger partial charge in [-0.15, -0.1) is 0 Å². The maximum absolute atomic E-state index is 11.7. The molecule has 0 radical (unpaired) electrons. The highest BCUT2D eigenvalue weighted by Gasteiger charge is 2.17. The van der Waals surface area contributed by atoms with E-state index in [-0.39, 0.29) is 5.91 Å². The van der Waals surface area contributed by atoms with Crippen LogP contribution in [-0.4, -0.2) is 43.6 Å². The van der Waals surface area contributed by atoms with Crippen LogP contribution in [0.5, 0.6) is 0 Å². The predicted octanol–water partition coefficient (Wildman–Crippen LogP) is 1.17. The second kappa shape index (κ2) is 5.58. The molecule has 1 rings (SSSR count). The van der Waals surface area contributed by atoms with Crippen molar-refractivity contribution in [1.82, 2.24) is 5.06 Å². The summed E-state index contributed by atoms with van der Waals surface area (Å²) >= 11 is 5.38. The van der Waals surface area contributed by atoms with Gasteiger partial charge in [0.1, 0.15) is 5.71 Å². The molecule has 1 aliphatic carbocycles. The zero-order valence-electron chi connectivity index (χ0n) is 9.27. The van der Waals surface area contributed by atoms with Crippen molar-refractivity contribution in [3.63, 3.8) is 0 Å². The van der Waals surface area contributed by atoms with Gasteiger partial charge in [-0.3, -0.25) is 14.6 Å². The second-order valence-electron chi connectivity index (χ2n) is 3.00. The van der Waals surface area contributed by atoms with Crippen LogP contribution in [0.25, 0.3) is 0 Å². The highest BCUT2D eigenvalue weighted by atomic mass is 35.5. The zero-order chi connectivity index (χ0) is 12.1. The molecule has 0 spiro atoms. The van der Waals surface area contributed by atoms with E-state index in [9.17, 15) is 4.79 Å². The van der Waals surface area contributed by atoms with Crippen LogP contribution in [-0.2, 0) is 9.63 Å². The minimum atomic E-state index is -0.256. The summed E-state index contributed by atoms with van der Waals surface area (Å²) in [5.41, 5.74) is 1.56. The summed E-state index contributed by atoms with van der Waals surface area (Å²) in [6.07, 6.45) is 4.86. The van der Waals surface area contributed by atoms with Crippen molar-refractivity contribution in [3.05, 3.63) is 23.8 Å². The summed E-state index contributed by atoms with van der Waals surface area (Å²) in [5.74, 6) is -0.256. The lowest BCUT2D eigenvalue weighted by atomic mass is 10.0. The van der Waals surface area contributed by atoms with Crippen LogP contribution in [0.1, 0.15) is 0 Å². The van der Waals surface area contributed by atoms with Crippen molar-refractivity contribution < 1.29 is 9.63 Å². The highest BCUT2D eigenvalue weighted by molar-refractivity contribution is 6.54. The number of hydrogen-bond acceptors (Lipinski definition) is 4. The number of rotatable bonds is 2. The molecule has 0 aromatic rings. The summed E-state index contributed by atoms with van der Waals surface area (Å²) < 4.78 is 3.53. The fourth-order valence-electron chi connectivity index (χ4n) is 1.17. The van der Waals surface area contributed by atoms with E-state index in [0.29, 0.717) is 17.0 Å². The Kier molecular flexibility index (Phi) is 4.39. The topological polar surface area (TPSA) is 54.3 Å². The molecule has 0 N–H and O–H groups in total. The van der Waals surface area contributed by atoms with Gasteiger partial charge in [-0.05, 0) is 18.2 Å². The van der Waals surface area contributed by atoms with Crippen LogP contribution in [0, 0.1) is 0 Å². The monoisotopic (exact) mass is 241 g/mol. The van der Waals surface area contributed by atoms with Gasteiger partial charge in [0.25, 0.3) is 5.91 Å². The molecular formula is C10H12ClN3O2. The number of likely N-dealkylation sites (N-methyl/N-ethyl adjacent to an activating group) is 1. The first-order valence-electron chi connectivity index (χ1n) is 4.52. The summed E-state index contributed by atoms with van der Waals surface area (Å²) in [7, 11) is 4.56. The number of hydroxylamine groups is 2. The number of nitrogens with zero attached hydrogens (tertiary/aromatic N) is 3. The smallest absolute Gasteiger partial charge is 0.277 e. The van der Waals surface area contributed by atoms with Crippen molar-refractivity contribution in [2.24, 2.45) is 9.50 Å². The van der Waals surface area contributed by atoms with E-state index in [4.69, 9.17) is 16.6 Å². The molecule has 0 heterocycles. The van der Waals surface area contributed by atoms with Gasteiger partial charge in [0.05, 0.1) is 12.8 Å². The Morgan fingerprint density at radius 2 is 2.12 bits per heavy atom. The molecule has 0 fully saturated rings. The van der Waals surface area contributed by atoms with E-state index in [1.54, 1.807) is 25.3 Å². The van der Waals surface area contributed by atoms with E-state index in [2.05, 4.69) is 9.50 Å². The largest absolute Gasteiger partial charge is 0.286 e. The van der Waals surface area contributed by atoms with Crippen molar-refractivity contribution in [3.8, 4) is 0 Å². The Balaban J connectivity index is 2.99. The summed E-state index contributed by atoms with van der Waals surface area (Å²) in [5, 5.41) is 1.13. The third kappa shape index (κ3) is 2.56. The maximum atomic E-state index is 11.7. The van der Waals surface area contributed by atoms with E-state index >= 15 is 0 Å². The highest BCUT2D eigenvalue weighted by Crippen LogP contribution is 2.10. The molecule has 1 aliphatic rings. The Bertz CT molecular complexity index is 410. The van der Waals surface area contributed by atoms with Crippen LogP contribution in [0.2, 0.25) is 0 Å². The molecule has 0 aromatic heterocycles. The van der Waals surface area contributed by atoms with Crippen LogP contribution in [0.15, 0.2) is 33.3 Å². The van der Waals surface area contributed by atoms with Gasteiger partial charge in [-0.2, -0.15) is 4.51 Å². The van der Waals surface area contributed by atoms with Crippen molar-refractivity contribution in [1.29, 1.82) is 0 Å². The normalized spacial score (nSPS) is 20.1. The molecule has 0 aliphatic heterocycles. The minimum Gasteiger partial charge on any atom is -0.286 e. The standard InChI is InChI=1S/C10H12ClN3O2/c1-12-9-6-7(4-5-8(9)13-11)10(15)14(2)16-3/h4-6H,1-3H3/b12-9-,13-8-. The fourth-order valence-corrected chi connectivity index (χ4v) is 1.31. The Morgan fingerprint density at radius 1 is 1.44 bits per heavy atom. The molecule has 6 heteroatoms. The van der Waals surface area contributed by atoms with Gasteiger partial charge in [0.2, 0.25) is 0 Å². The first-order valence-corrected chi connectivity index (χ1v) is 4.86. The summed E-state index contributed by atoms with van der Waals surface area (Å²) in [6, 6.07) is 0. The molecule has 0 saturated heterocycles. The van der Waals surface area contributed by atoms with Crippen LogP contribution >= 0.6 is 11.8 Å². The zero-order valence-corrected chi connectivity index (χ0v) is 10.0. The summed E-state index contributed by atoms with van der Waals surface area (Å²) in [4.78, 5) is 20.5. The number of hydrogen-bond donors (Lipinski definition) is 0. The number of carbonyl (C=O) groups is 1. The average molecular weight is 242 g/mol. The Morgan fingerprint density at radius 3 is 2.62 bits per heavy atom. The Hall–Kier alpha value is -1.46. The molecule has 1 amide bonds. The average Bonchev–Trinajstić information content (AvgIpc) is 2.35. The van der Waals surface area contributed by atoms with Gasteiger partial charge in [-0.25, -0.2) is 5.06 Å². The van der Waals surface area contributed by atoms with E-state index < -0.39 is 0 Å². The lowest BCUT2D eigenvalue weighted by molar-refractivity contribution is -0.163. The predicted molar refractivity (Wildman–Crippen MR) is 63.6 cm³/mol.